The van der Waals surface area contributed by atoms with E-state index in [2.05, 4.69) is 29.7 Å². The van der Waals surface area contributed by atoms with Crippen LogP contribution in [0.25, 0.3) is 0 Å². The molecule has 248 valence electrons. The van der Waals surface area contributed by atoms with E-state index in [0.717, 1.165) is 0 Å². The molecule has 6 aliphatic rings. The number of carbonyl (C=O) groups excluding carboxylic acids is 2. The number of carbonyl (C=O) groups is 2. The van der Waals surface area contributed by atoms with Crippen LogP contribution in [0.3, 0.4) is 0 Å². The summed E-state index contributed by atoms with van der Waals surface area (Å²) in [5.74, 6) is 0.239. The normalized spacial score (nSPS) is 35.8. The van der Waals surface area contributed by atoms with Crippen LogP contribution < -0.4 is 5.32 Å². The molecule has 1 N–H and O–H groups in total. The molecule has 44 heavy (non-hydrogen) atoms. The lowest BCUT2D eigenvalue weighted by Gasteiger charge is -2.68. The molecule has 0 aromatic carbocycles. The molecule has 2 bridgehead atoms. The Morgan fingerprint density at radius 1 is 0.818 bits per heavy atom. The zero-order valence-corrected chi connectivity index (χ0v) is 23.1. The fourth-order valence-corrected chi connectivity index (χ4v) is 6.71. The van der Waals surface area contributed by atoms with Crippen molar-refractivity contribution in [1.29, 1.82) is 0 Å². The van der Waals surface area contributed by atoms with Gasteiger partial charge in [0.2, 0.25) is 17.7 Å². The van der Waals surface area contributed by atoms with E-state index >= 15 is 0 Å². The molecule has 1 aromatic heterocycles. The number of aromatic nitrogens is 2. The maximum absolute atomic E-state index is 12.3. The number of aldehydes is 1. The van der Waals surface area contributed by atoms with Gasteiger partial charge in [0.25, 0.3) is 0 Å². The second-order valence-corrected chi connectivity index (χ2v) is 12.6. The summed E-state index contributed by atoms with van der Waals surface area (Å²) in [6.07, 6.45) is -11.5. The van der Waals surface area contributed by atoms with Crippen molar-refractivity contribution in [1.82, 2.24) is 15.5 Å². The third kappa shape index (κ3) is 8.02. The number of rotatable bonds is 10. The van der Waals surface area contributed by atoms with Crippen LogP contribution in [-0.2, 0) is 29.2 Å². The second kappa shape index (κ2) is 11.7. The van der Waals surface area contributed by atoms with Gasteiger partial charge in [-0.3, -0.25) is 19.0 Å². The summed E-state index contributed by atoms with van der Waals surface area (Å²) < 4.78 is 125. The van der Waals surface area contributed by atoms with Crippen LogP contribution in [0.5, 0.6) is 0 Å². The summed E-state index contributed by atoms with van der Waals surface area (Å²) in [7, 11) is 0. The fourth-order valence-electron chi connectivity index (χ4n) is 6.71. The highest BCUT2D eigenvalue weighted by Crippen LogP contribution is 2.67. The maximum Gasteiger partial charge on any atom is 0.522 e. The molecule has 6 saturated carbocycles. The van der Waals surface area contributed by atoms with Crippen molar-refractivity contribution in [2.75, 3.05) is 0 Å². The number of alkyl halides is 9. The van der Waals surface area contributed by atoms with Gasteiger partial charge < -0.3 is 14.5 Å². The van der Waals surface area contributed by atoms with Crippen molar-refractivity contribution in [2.24, 2.45) is 11.8 Å². The highest BCUT2D eigenvalue weighted by molar-refractivity contribution is 5.77. The monoisotopic (exact) mass is 651 g/mol. The number of nitrogens with zero attached hydrogens (tertiary/aromatic N) is 2. The van der Waals surface area contributed by atoms with Crippen LogP contribution >= 0.6 is 0 Å². The molecule has 0 aliphatic heterocycles. The quantitative estimate of drug-likeness (QED) is 0.252. The Morgan fingerprint density at radius 2 is 1.32 bits per heavy atom. The Kier molecular flexibility index (Phi) is 8.76. The van der Waals surface area contributed by atoms with Crippen LogP contribution in [0.2, 0.25) is 0 Å². The number of hydrogen-bond donors (Lipinski definition) is 1. The van der Waals surface area contributed by atoms with Crippen molar-refractivity contribution in [2.45, 2.75) is 125 Å². The van der Waals surface area contributed by atoms with Crippen molar-refractivity contribution >= 4 is 12.2 Å². The Balaban J connectivity index is 0.000000296. The lowest BCUT2D eigenvalue weighted by atomic mass is 9.39. The van der Waals surface area contributed by atoms with Crippen molar-refractivity contribution in [3.63, 3.8) is 0 Å². The lowest BCUT2D eigenvalue weighted by Crippen LogP contribution is -2.76. The molecular weight excluding hydrogens is 621 g/mol. The van der Waals surface area contributed by atoms with Crippen LogP contribution in [0, 0.1) is 11.8 Å². The Hall–Kier alpha value is -2.47. The molecule has 18 heteroatoms. The molecule has 9 nitrogen and oxygen atoms in total. The van der Waals surface area contributed by atoms with Gasteiger partial charge >= 0.3 is 19.1 Å². The van der Waals surface area contributed by atoms with Gasteiger partial charge in [-0.1, -0.05) is 0 Å². The molecule has 6 fully saturated rings. The summed E-state index contributed by atoms with van der Waals surface area (Å²) in [6.45, 7) is 0. The van der Waals surface area contributed by atoms with E-state index in [9.17, 15) is 49.1 Å². The van der Waals surface area contributed by atoms with Gasteiger partial charge in [-0.15, -0.1) is 49.7 Å². The SMILES string of the molecule is O=C(CCC1CC(OC(F)(F)F)C1)NC12CC(c3nnc(C4CC(OC(F)(F)F)C4)o3)(C1)C2.O=CC1CC(OC(F)(F)F)C1. The Bertz CT molecular complexity index is 1170. The van der Waals surface area contributed by atoms with E-state index in [0.29, 0.717) is 56.6 Å². The Morgan fingerprint density at radius 3 is 1.82 bits per heavy atom. The first-order valence-electron chi connectivity index (χ1n) is 14.2. The second-order valence-electron chi connectivity index (χ2n) is 12.6. The molecular formula is C26H30F9N3O6. The third-order valence-electron chi connectivity index (χ3n) is 8.97. The largest absolute Gasteiger partial charge is 0.522 e. The van der Waals surface area contributed by atoms with E-state index in [-0.39, 0.29) is 66.7 Å². The molecule has 0 unspecified atom stereocenters. The average Bonchev–Trinajstić information content (AvgIpc) is 3.23. The molecule has 1 aromatic rings. The van der Waals surface area contributed by atoms with Gasteiger partial charge in [0.05, 0.1) is 23.7 Å². The molecule has 0 spiro atoms. The summed E-state index contributed by atoms with van der Waals surface area (Å²) in [4.78, 5) is 22.2. The molecule has 7 rings (SSSR count). The first-order chi connectivity index (χ1) is 20.3. The van der Waals surface area contributed by atoms with Gasteiger partial charge in [-0.2, -0.15) is 0 Å². The van der Waals surface area contributed by atoms with E-state index in [1.807, 2.05) is 0 Å². The number of nitrogens with one attached hydrogen (secondary N) is 1. The molecule has 0 atom stereocenters. The minimum atomic E-state index is -4.65. The number of amides is 1. The predicted octanol–water partition coefficient (Wildman–Crippen LogP) is 5.74. The van der Waals surface area contributed by atoms with Gasteiger partial charge in [-0.25, -0.2) is 0 Å². The fraction of sp³-hybridized carbons (Fsp3) is 0.846. The third-order valence-corrected chi connectivity index (χ3v) is 8.97. The predicted molar refractivity (Wildman–Crippen MR) is 126 cm³/mol. The zero-order chi connectivity index (χ0) is 32.1. The van der Waals surface area contributed by atoms with Crippen LogP contribution in [0.15, 0.2) is 4.42 Å². The van der Waals surface area contributed by atoms with Gasteiger partial charge in [-0.05, 0) is 70.1 Å². The van der Waals surface area contributed by atoms with Crippen molar-refractivity contribution in [3.05, 3.63) is 11.8 Å². The zero-order valence-electron chi connectivity index (χ0n) is 23.1. The van der Waals surface area contributed by atoms with Gasteiger partial charge in [0.15, 0.2) is 0 Å². The number of halogens is 9. The number of hydrogen-bond acceptors (Lipinski definition) is 8. The smallest absolute Gasteiger partial charge is 0.424 e. The minimum absolute atomic E-state index is 0.0620. The van der Waals surface area contributed by atoms with Crippen LogP contribution in [0.4, 0.5) is 39.5 Å². The van der Waals surface area contributed by atoms with Gasteiger partial charge in [0, 0.05) is 23.8 Å². The number of ether oxygens (including phenoxy) is 3. The summed E-state index contributed by atoms with van der Waals surface area (Å²) in [6, 6.07) is 0. The highest BCUT2D eigenvalue weighted by atomic mass is 19.4. The molecule has 1 amide bonds. The average molecular weight is 652 g/mol. The Labute approximate surface area is 244 Å². The first-order valence-corrected chi connectivity index (χ1v) is 14.2. The first kappa shape index (κ1) is 32.9. The van der Waals surface area contributed by atoms with Crippen LogP contribution in [-0.4, -0.2) is 65.3 Å². The van der Waals surface area contributed by atoms with Gasteiger partial charge in [0.1, 0.15) is 6.29 Å². The topological polar surface area (TPSA) is 113 Å². The summed E-state index contributed by atoms with van der Waals surface area (Å²) in [5, 5.41) is 11.1. The standard InChI is InChI=1S/C20H23F6N3O4.C6H7F3O2/c21-19(22,23)32-12-3-10(4-12)1-2-14(30)27-18-7-17(8-18,9-18)16-29-28-15(31-16)11-5-13(6-11)33-20(24,25)26;7-6(8,9)11-5-1-4(2-5)3-10/h10-13H,1-9H2,(H,27,30);3-5H,1-2H2. The lowest BCUT2D eigenvalue weighted by molar-refractivity contribution is -0.354. The molecule has 1 heterocycles. The molecule has 0 radical (unpaired) electrons. The van der Waals surface area contributed by atoms with Crippen LogP contribution in [0.1, 0.15) is 88.3 Å². The van der Waals surface area contributed by atoms with E-state index in [4.69, 9.17) is 4.42 Å². The summed E-state index contributed by atoms with van der Waals surface area (Å²) in [5.41, 5.74) is -0.602. The maximum atomic E-state index is 12.3. The van der Waals surface area contributed by atoms with E-state index in [1.54, 1.807) is 0 Å². The minimum Gasteiger partial charge on any atom is -0.424 e. The van der Waals surface area contributed by atoms with E-state index < -0.39 is 37.4 Å². The highest BCUT2D eigenvalue weighted by Gasteiger charge is 2.72. The molecule has 0 saturated heterocycles. The van der Waals surface area contributed by atoms with Crippen molar-refractivity contribution in [3.8, 4) is 0 Å². The van der Waals surface area contributed by atoms with Crippen molar-refractivity contribution < 1.29 is 67.7 Å². The molecule has 6 aliphatic carbocycles. The summed E-state index contributed by atoms with van der Waals surface area (Å²) >= 11 is 0. The van der Waals surface area contributed by atoms with E-state index in [1.165, 1.54) is 0 Å².